The van der Waals surface area contributed by atoms with Crippen molar-refractivity contribution in [3.05, 3.63) is 47.8 Å². The molecule has 0 aliphatic carbocycles. The van der Waals surface area contributed by atoms with Crippen LogP contribution < -0.4 is 5.32 Å². The van der Waals surface area contributed by atoms with Crippen LogP contribution in [0.1, 0.15) is 25.0 Å². The first-order chi connectivity index (χ1) is 10.2. The molecule has 0 amide bonds. The quantitative estimate of drug-likeness (QED) is 0.891. The normalized spacial score (nSPS) is 14.6. The maximum absolute atomic E-state index is 12.7. The van der Waals surface area contributed by atoms with Gasteiger partial charge in [-0.3, -0.25) is 4.68 Å². The van der Waals surface area contributed by atoms with E-state index in [0.717, 1.165) is 12.1 Å². The molecule has 0 bridgehead atoms. The van der Waals surface area contributed by atoms with Crippen molar-refractivity contribution < 1.29 is 18.3 Å². The van der Waals surface area contributed by atoms with Crippen LogP contribution in [-0.2, 0) is 18.3 Å². The first kappa shape index (κ1) is 16.4. The lowest BCUT2D eigenvalue weighted by molar-refractivity contribution is -0.137. The number of aromatic nitrogens is 2. The molecule has 1 aromatic carbocycles. The number of hydrogen-bond acceptors (Lipinski definition) is 3. The summed E-state index contributed by atoms with van der Waals surface area (Å²) in [7, 11) is 0. The molecule has 7 heteroatoms. The largest absolute Gasteiger partial charge is 0.416 e. The van der Waals surface area contributed by atoms with Gasteiger partial charge in [-0.05, 0) is 31.5 Å². The van der Waals surface area contributed by atoms with Gasteiger partial charge in [0.15, 0.2) is 0 Å². The van der Waals surface area contributed by atoms with Gasteiger partial charge in [-0.15, -0.1) is 0 Å². The molecular weight excluding hydrogens is 295 g/mol. The first-order valence-electron chi connectivity index (χ1n) is 6.89. The van der Waals surface area contributed by atoms with Gasteiger partial charge >= 0.3 is 6.18 Å². The predicted molar refractivity (Wildman–Crippen MR) is 77.4 cm³/mol. The molecule has 1 atom stereocenters. The van der Waals surface area contributed by atoms with E-state index in [1.165, 1.54) is 19.1 Å². The van der Waals surface area contributed by atoms with Gasteiger partial charge in [-0.25, -0.2) is 0 Å². The average molecular weight is 313 g/mol. The van der Waals surface area contributed by atoms with Crippen molar-refractivity contribution in [2.24, 2.45) is 0 Å². The van der Waals surface area contributed by atoms with Crippen molar-refractivity contribution >= 4 is 5.69 Å². The van der Waals surface area contributed by atoms with Gasteiger partial charge in [-0.1, -0.05) is 12.1 Å². The highest BCUT2D eigenvalue weighted by atomic mass is 19.4. The fourth-order valence-electron chi connectivity index (χ4n) is 2.03. The maximum atomic E-state index is 12.7. The van der Waals surface area contributed by atoms with Crippen molar-refractivity contribution in [3.63, 3.8) is 0 Å². The van der Waals surface area contributed by atoms with E-state index in [2.05, 4.69) is 10.4 Å². The second-order valence-corrected chi connectivity index (χ2v) is 5.29. The van der Waals surface area contributed by atoms with E-state index in [9.17, 15) is 18.3 Å². The number of aliphatic hydroxyl groups is 1. The molecule has 120 valence electrons. The highest BCUT2D eigenvalue weighted by Crippen LogP contribution is 2.32. The Balaban J connectivity index is 2.12. The lowest BCUT2D eigenvalue weighted by atomic mass is 9.94. The summed E-state index contributed by atoms with van der Waals surface area (Å²) in [5, 5.41) is 17.5. The Kier molecular flexibility index (Phi) is 4.46. The van der Waals surface area contributed by atoms with Crippen LogP contribution in [0.5, 0.6) is 0 Å². The number of nitrogens with zero attached hydrogens (tertiary/aromatic N) is 2. The standard InChI is InChI=1S/C15H18F3N3O/c1-3-21-9-13(8-20-21)19-10-14(2,22)11-5-4-6-12(7-11)15(16,17)18/h4-9,19,22H,3,10H2,1-2H3/t14-/m1/s1. The average Bonchev–Trinajstić information content (AvgIpc) is 2.93. The number of aryl methyl sites for hydroxylation is 1. The Labute approximate surface area is 126 Å². The number of nitrogens with one attached hydrogen (secondary N) is 1. The number of halogens is 3. The minimum absolute atomic E-state index is 0.0731. The van der Waals surface area contributed by atoms with Crippen LogP contribution >= 0.6 is 0 Å². The second kappa shape index (κ2) is 6.00. The van der Waals surface area contributed by atoms with Crippen LogP contribution in [0.2, 0.25) is 0 Å². The van der Waals surface area contributed by atoms with Crippen molar-refractivity contribution in [1.29, 1.82) is 0 Å². The summed E-state index contributed by atoms with van der Waals surface area (Å²) in [4.78, 5) is 0. The third kappa shape index (κ3) is 3.79. The van der Waals surface area contributed by atoms with Crippen LogP contribution in [0.25, 0.3) is 0 Å². The SMILES string of the molecule is CCn1cc(NC[C@@](C)(O)c2cccc(C(F)(F)F)c2)cn1. The molecule has 0 fully saturated rings. The molecule has 22 heavy (non-hydrogen) atoms. The predicted octanol–water partition coefficient (Wildman–Crippen LogP) is 3.24. The minimum atomic E-state index is -4.43. The van der Waals surface area contributed by atoms with Gasteiger partial charge in [0.1, 0.15) is 5.60 Å². The molecule has 2 rings (SSSR count). The molecule has 2 N–H and O–H groups in total. The maximum Gasteiger partial charge on any atom is 0.416 e. The summed E-state index contributed by atoms with van der Waals surface area (Å²) in [6.07, 6.45) is -1.06. The van der Waals surface area contributed by atoms with Crippen LogP contribution in [0.15, 0.2) is 36.7 Å². The van der Waals surface area contributed by atoms with E-state index in [1.54, 1.807) is 17.1 Å². The fraction of sp³-hybridized carbons (Fsp3) is 0.400. The van der Waals surface area contributed by atoms with Crippen molar-refractivity contribution in [2.75, 3.05) is 11.9 Å². The number of benzene rings is 1. The lowest BCUT2D eigenvalue weighted by Crippen LogP contribution is -2.31. The molecule has 0 saturated carbocycles. The zero-order valence-electron chi connectivity index (χ0n) is 12.4. The Hall–Kier alpha value is -2.02. The van der Waals surface area contributed by atoms with Crippen molar-refractivity contribution in [2.45, 2.75) is 32.2 Å². The minimum Gasteiger partial charge on any atom is -0.384 e. The number of anilines is 1. The van der Waals surface area contributed by atoms with Crippen molar-refractivity contribution in [1.82, 2.24) is 9.78 Å². The van der Waals surface area contributed by atoms with Gasteiger partial charge in [0.25, 0.3) is 0 Å². The molecule has 0 unspecified atom stereocenters. The first-order valence-corrected chi connectivity index (χ1v) is 6.89. The molecule has 0 spiro atoms. The Morgan fingerprint density at radius 2 is 1.95 bits per heavy atom. The molecular formula is C15H18F3N3O. The summed E-state index contributed by atoms with van der Waals surface area (Å²) >= 11 is 0. The number of alkyl halides is 3. The number of rotatable bonds is 5. The number of hydrogen-bond donors (Lipinski definition) is 2. The van der Waals surface area contributed by atoms with Gasteiger partial charge in [0, 0.05) is 19.3 Å². The lowest BCUT2D eigenvalue weighted by Gasteiger charge is -2.25. The van der Waals surface area contributed by atoms with Gasteiger partial charge < -0.3 is 10.4 Å². The Bertz CT molecular complexity index is 635. The zero-order valence-corrected chi connectivity index (χ0v) is 12.4. The third-order valence-electron chi connectivity index (χ3n) is 3.41. The summed E-state index contributed by atoms with van der Waals surface area (Å²) in [5.74, 6) is 0. The van der Waals surface area contributed by atoms with Crippen LogP contribution in [-0.4, -0.2) is 21.4 Å². The molecule has 0 aliphatic heterocycles. The van der Waals surface area contributed by atoms with Gasteiger partial charge in [-0.2, -0.15) is 18.3 Å². The third-order valence-corrected chi connectivity index (χ3v) is 3.41. The van der Waals surface area contributed by atoms with E-state index < -0.39 is 17.3 Å². The summed E-state index contributed by atoms with van der Waals surface area (Å²) in [6.45, 7) is 4.20. The van der Waals surface area contributed by atoms with E-state index in [0.29, 0.717) is 12.2 Å². The summed E-state index contributed by atoms with van der Waals surface area (Å²) < 4.78 is 39.9. The van der Waals surface area contributed by atoms with E-state index in [-0.39, 0.29) is 12.1 Å². The molecule has 1 aromatic heterocycles. The zero-order chi connectivity index (χ0) is 16.4. The molecule has 4 nitrogen and oxygen atoms in total. The van der Waals surface area contributed by atoms with Gasteiger partial charge in [0.2, 0.25) is 0 Å². The van der Waals surface area contributed by atoms with E-state index >= 15 is 0 Å². The van der Waals surface area contributed by atoms with E-state index in [1.807, 2.05) is 6.92 Å². The molecule has 0 saturated heterocycles. The molecule has 2 aromatic rings. The van der Waals surface area contributed by atoms with Crippen molar-refractivity contribution in [3.8, 4) is 0 Å². The highest BCUT2D eigenvalue weighted by molar-refractivity contribution is 5.40. The van der Waals surface area contributed by atoms with Crippen LogP contribution in [0.3, 0.4) is 0 Å². The second-order valence-electron chi connectivity index (χ2n) is 5.29. The topological polar surface area (TPSA) is 50.1 Å². The smallest absolute Gasteiger partial charge is 0.384 e. The molecule has 0 radical (unpaired) electrons. The molecule has 0 aliphatic rings. The van der Waals surface area contributed by atoms with E-state index in [4.69, 9.17) is 0 Å². The Morgan fingerprint density at radius 1 is 1.27 bits per heavy atom. The van der Waals surface area contributed by atoms with Crippen LogP contribution in [0.4, 0.5) is 18.9 Å². The van der Waals surface area contributed by atoms with Gasteiger partial charge in [0.05, 0.1) is 17.4 Å². The summed E-state index contributed by atoms with van der Waals surface area (Å²) in [5.41, 5.74) is -1.30. The Morgan fingerprint density at radius 3 is 2.55 bits per heavy atom. The summed E-state index contributed by atoms with van der Waals surface area (Å²) in [6, 6.07) is 4.73. The molecule has 1 heterocycles. The highest BCUT2D eigenvalue weighted by Gasteiger charge is 2.32. The monoisotopic (exact) mass is 313 g/mol. The van der Waals surface area contributed by atoms with Crippen LogP contribution in [0, 0.1) is 0 Å². The fourth-order valence-corrected chi connectivity index (χ4v) is 2.03.